The van der Waals surface area contributed by atoms with E-state index in [1.165, 1.54) is 35.1 Å². The summed E-state index contributed by atoms with van der Waals surface area (Å²) in [7, 11) is 0. The van der Waals surface area contributed by atoms with Gasteiger partial charge in [0, 0.05) is 25.7 Å². The van der Waals surface area contributed by atoms with E-state index < -0.39 is 0 Å². The van der Waals surface area contributed by atoms with E-state index in [0.717, 1.165) is 26.1 Å². The lowest BCUT2D eigenvalue weighted by Crippen LogP contribution is -2.59. The molecule has 2 amide bonds. The molecule has 0 aliphatic carbocycles. The second-order valence-corrected chi connectivity index (χ2v) is 10.6. The number of carbonyl (C=O) groups is 1. The summed E-state index contributed by atoms with van der Waals surface area (Å²) in [6.07, 6.45) is 3.35. The highest BCUT2D eigenvalue weighted by molar-refractivity contribution is 5.76. The Morgan fingerprint density at radius 2 is 2.03 bits per heavy atom. The smallest absolute Gasteiger partial charge is 0.320 e. The second kappa shape index (κ2) is 7.59. The van der Waals surface area contributed by atoms with Crippen LogP contribution in [0.1, 0.15) is 75.8 Å². The molecular formula is C24H37N3O2. The van der Waals surface area contributed by atoms with E-state index in [4.69, 9.17) is 4.74 Å². The van der Waals surface area contributed by atoms with Gasteiger partial charge in [0.2, 0.25) is 0 Å². The summed E-state index contributed by atoms with van der Waals surface area (Å²) in [5, 5.41) is 3.69. The number of carbonyl (C=O) groups excluding carboxylic acids is 1. The molecule has 3 aliphatic rings. The Hall–Kier alpha value is -1.59. The molecule has 1 N–H and O–H groups in total. The van der Waals surface area contributed by atoms with Gasteiger partial charge < -0.3 is 19.9 Å². The van der Waals surface area contributed by atoms with Crippen molar-refractivity contribution in [2.24, 2.45) is 0 Å². The zero-order valence-electron chi connectivity index (χ0n) is 18.8. The Balaban J connectivity index is 1.65. The molecule has 0 bridgehead atoms. The van der Waals surface area contributed by atoms with Crippen LogP contribution < -0.4 is 5.32 Å². The number of rotatable bonds is 1. The molecule has 1 aromatic carbocycles. The SMILES string of the molecule is CC(C)(C)c1cc2c(c([C@@H]3CCCN3)c1)CN(C(=O)N1CCOCC1(C)C)CC2. The van der Waals surface area contributed by atoms with Gasteiger partial charge in [-0.15, -0.1) is 0 Å². The van der Waals surface area contributed by atoms with E-state index in [9.17, 15) is 4.79 Å². The van der Waals surface area contributed by atoms with Crippen LogP contribution >= 0.6 is 0 Å². The molecule has 5 nitrogen and oxygen atoms in total. The lowest BCUT2D eigenvalue weighted by molar-refractivity contribution is -0.0358. The molecule has 0 spiro atoms. The Bertz CT molecular complexity index is 775. The number of hydrogen-bond donors (Lipinski definition) is 1. The summed E-state index contributed by atoms with van der Waals surface area (Å²) in [5.41, 5.74) is 5.53. The first-order chi connectivity index (χ1) is 13.7. The van der Waals surface area contributed by atoms with Crippen molar-refractivity contribution in [2.45, 2.75) is 77.4 Å². The number of hydrogen-bond acceptors (Lipinski definition) is 3. The first-order valence-corrected chi connectivity index (χ1v) is 11.2. The van der Waals surface area contributed by atoms with Gasteiger partial charge in [-0.25, -0.2) is 4.79 Å². The fraction of sp³-hybridized carbons (Fsp3) is 0.708. The normalized spacial score (nSPS) is 24.5. The Morgan fingerprint density at radius 3 is 2.69 bits per heavy atom. The fourth-order valence-corrected chi connectivity index (χ4v) is 4.94. The molecule has 2 saturated heterocycles. The van der Waals surface area contributed by atoms with Crippen molar-refractivity contribution >= 4 is 6.03 Å². The minimum atomic E-state index is -0.248. The Morgan fingerprint density at radius 1 is 1.24 bits per heavy atom. The van der Waals surface area contributed by atoms with Crippen LogP contribution in [0.25, 0.3) is 0 Å². The van der Waals surface area contributed by atoms with Gasteiger partial charge in [-0.3, -0.25) is 0 Å². The minimum Gasteiger partial charge on any atom is -0.377 e. The third-order valence-electron chi connectivity index (χ3n) is 6.83. The zero-order chi connectivity index (χ0) is 20.8. The molecule has 1 atom stereocenters. The monoisotopic (exact) mass is 399 g/mol. The number of morpholine rings is 1. The van der Waals surface area contributed by atoms with Crippen LogP contribution in [0.3, 0.4) is 0 Å². The van der Waals surface area contributed by atoms with Crippen molar-refractivity contribution in [1.29, 1.82) is 0 Å². The summed E-state index contributed by atoms with van der Waals surface area (Å²) in [4.78, 5) is 17.5. The van der Waals surface area contributed by atoms with Crippen molar-refractivity contribution in [3.05, 3.63) is 34.4 Å². The number of benzene rings is 1. The summed E-state index contributed by atoms with van der Waals surface area (Å²) in [5.74, 6) is 0. The van der Waals surface area contributed by atoms with E-state index in [0.29, 0.717) is 25.8 Å². The average Bonchev–Trinajstić information content (AvgIpc) is 3.19. The van der Waals surface area contributed by atoms with Crippen LogP contribution in [0.4, 0.5) is 4.79 Å². The van der Waals surface area contributed by atoms with Gasteiger partial charge in [0.1, 0.15) is 0 Å². The van der Waals surface area contributed by atoms with Gasteiger partial charge in [0.15, 0.2) is 0 Å². The van der Waals surface area contributed by atoms with Gasteiger partial charge in [-0.1, -0.05) is 32.9 Å². The highest BCUT2D eigenvalue weighted by atomic mass is 16.5. The molecule has 0 aromatic heterocycles. The molecule has 4 rings (SSSR count). The molecule has 0 radical (unpaired) electrons. The predicted octanol–water partition coefficient (Wildman–Crippen LogP) is 4.00. The van der Waals surface area contributed by atoms with Crippen molar-refractivity contribution in [1.82, 2.24) is 15.1 Å². The predicted molar refractivity (Wildman–Crippen MR) is 116 cm³/mol. The lowest BCUT2D eigenvalue weighted by Gasteiger charge is -2.45. The van der Waals surface area contributed by atoms with Crippen molar-refractivity contribution in [2.75, 3.05) is 32.8 Å². The maximum Gasteiger partial charge on any atom is 0.320 e. The average molecular weight is 400 g/mol. The second-order valence-electron chi connectivity index (χ2n) is 10.6. The first-order valence-electron chi connectivity index (χ1n) is 11.2. The van der Waals surface area contributed by atoms with Crippen LogP contribution in [-0.4, -0.2) is 54.2 Å². The zero-order valence-corrected chi connectivity index (χ0v) is 18.8. The summed E-state index contributed by atoms with van der Waals surface area (Å²) < 4.78 is 5.62. The van der Waals surface area contributed by atoms with Gasteiger partial charge in [0.25, 0.3) is 0 Å². The van der Waals surface area contributed by atoms with Crippen molar-refractivity contribution in [3.8, 4) is 0 Å². The fourth-order valence-electron chi connectivity index (χ4n) is 4.94. The molecule has 1 aromatic rings. The van der Waals surface area contributed by atoms with Crippen molar-refractivity contribution < 1.29 is 9.53 Å². The van der Waals surface area contributed by atoms with Gasteiger partial charge in [0.05, 0.1) is 18.8 Å². The van der Waals surface area contributed by atoms with Crippen LogP contribution in [0.2, 0.25) is 0 Å². The molecule has 29 heavy (non-hydrogen) atoms. The quantitative estimate of drug-likeness (QED) is 0.776. The number of amides is 2. The number of fused-ring (bicyclic) bond motifs is 1. The maximum atomic E-state index is 13.4. The molecule has 160 valence electrons. The highest BCUT2D eigenvalue weighted by Gasteiger charge is 2.38. The van der Waals surface area contributed by atoms with E-state index in [1.54, 1.807) is 0 Å². The van der Waals surface area contributed by atoms with Crippen molar-refractivity contribution in [3.63, 3.8) is 0 Å². The summed E-state index contributed by atoms with van der Waals surface area (Å²) in [6, 6.07) is 5.39. The molecule has 0 unspecified atom stereocenters. The number of ether oxygens (including phenoxy) is 1. The van der Waals surface area contributed by atoms with Crippen LogP contribution in [0.15, 0.2) is 12.1 Å². The molecular weight excluding hydrogens is 362 g/mol. The van der Waals surface area contributed by atoms with E-state index >= 15 is 0 Å². The van der Waals surface area contributed by atoms with Crippen LogP contribution in [0.5, 0.6) is 0 Å². The molecule has 0 saturated carbocycles. The van der Waals surface area contributed by atoms with E-state index in [2.05, 4.69) is 57.0 Å². The third kappa shape index (κ3) is 4.04. The standard InChI is InChI=1S/C24H37N3O2/c1-23(2,3)18-13-17-8-10-26(22(28)27-11-12-29-16-24(27,4)5)15-20(17)19(14-18)21-7-6-9-25-21/h13-14,21,25H,6-12,15-16H2,1-5H3/t21-/m0/s1. The largest absolute Gasteiger partial charge is 0.377 e. The van der Waals surface area contributed by atoms with Gasteiger partial charge in [-0.05, 0) is 67.3 Å². The molecule has 3 aliphatic heterocycles. The number of nitrogens with one attached hydrogen (secondary N) is 1. The molecule has 2 fully saturated rings. The minimum absolute atomic E-state index is 0.132. The molecule has 5 heteroatoms. The maximum absolute atomic E-state index is 13.4. The third-order valence-corrected chi connectivity index (χ3v) is 6.83. The topological polar surface area (TPSA) is 44.8 Å². The van der Waals surface area contributed by atoms with Crippen LogP contribution in [-0.2, 0) is 23.1 Å². The highest BCUT2D eigenvalue weighted by Crippen LogP contribution is 2.36. The van der Waals surface area contributed by atoms with Crippen LogP contribution in [0, 0.1) is 0 Å². The van der Waals surface area contributed by atoms with E-state index in [1.807, 2.05) is 4.90 Å². The van der Waals surface area contributed by atoms with Gasteiger partial charge >= 0.3 is 6.03 Å². The summed E-state index contributed by atoms with van der Waals surface area (Å²) in [6.45, 7) is 15.6. The lowest BCUT2D eigenvalue weighted by atomic mass is 9.80. The molecule has 3 heterocycles. The van der Waals surface area contributed by atoms with E-state index in [-0.39, 0.29) is 17.0 Å². The van der Waals surface area contributed by atoms with Gasteiger partial charge in [-0.2, -0.15) is 0 Å². The Kier molecular flexibility index (Phi) is 5.41. The first kappa shape index (κ1) is 20.7. The Labute approximate surface area is 175 Å². The number of nitrogens with zero attached hydrogens (tertiary/aromatic N) is 2. The number of urea groups is 1. The summed E-state index contributed by atoms with van der Waals surface area (Å²) >= 11 is 0.